The molecule has 1 saturated heterocycles. The van der Waals surface area contributed by atoms with Crippen molar-refractivity contribution < 1.29 is 9.53 Å². The number of ether oxygens (including phenoxy) is 1. The zero-order valence-corrected chi connectivity index (χ0v) is 12.9. The highest BCUT2D eigenvalue weighted by Gasteiger charge is 2.21. The van der Waals surface area contributed by atoms with Crippen molar-refractivity contribution in [1.82, 2.24) is 9.88 Å². The molecule has 1 aliphatic rings. The molecule has 1 aromatic heterocycles. The monoisotopic (exact) mass is 326 g/mol. The van der Waals surface area contributed by atoms with Crippen LogP contribution in [0.3, 0.4) is 0 Å². The van der Waals surface area contributed by atoms with Gasteiger partial charge in [-0.25, -0.2) is 4.98 Å². The molecule has 2 rings (SSSR count). The minimum absolute atomic E-state index is 0.123. The van der Waals surface area contributed by atoms with E-state index in [0.29, 0.717) is 28.4 Å². The molecule has 0 bridgehead atoms. The van der Waals surface area contributed by atoms with E-state index < -0.39 is 0 Å². The van der Waals surface area contributed by atoms with Crippen LogP contribution < -0.4 is 4.74 Å². The van der Waals surface area contributed by atoms with Crippen molar-refractivity contribution in [3.63, 3.8) is 0 Å². The highest BCUT2D eigenvalue weighted by molar-refractivity contribution is 9.10. The van der Waals surface area contributed by atoms with Crippen molar-refractivity contribution in [2.24, 2.45) is 5.92 Å². The zero-order valence-electron chi connectivity index (χ0n) is 11.4. The highest BCUT2D eigenvalue weighted by Crippen LogP contribution is 2.25. The van der Waals surface area contributed by atoms with Gasteiger partial charge in [-0.3, -0.25) is 4.79 Å². The van der Waals surface area contributed by atoms with Crippen LogP contribution in [-0.4, -0.2) is 42.9 Å². The van der Waals surface area contributed by atoms with E-state index in [2.05, 4.69) is 32.9 Å². The average Bonchev–Trinajstić information content (AvgIpc) is 2.41. The van der Waals surface area contributed by atoms with E-state index in [0.717, 1.165) is 25.9 Å². The third-order valence-electron chi connectivity index (χ3n) is 3.63. The van der Waals surface area contributed by atoms with E-state index in [4.69, 9.17) is 4.74 Å². The molecule has 0 saturated carbocycles. The summed E-state index contributed by atoms with van der Waals surface area (Å²) in [5, 5.41) is 0. The normalized spacial score (nSPS) is 17.4. The van der Waals surface area contributed by atoms with Crippen molar-refractivity contribution in [1.29, 1.82) is 0 Å². The molecule has 104 valence electrons. The van der Waals surface area contributed by atoms with Gasteiger partial charge in [0, 0.05) is 6.42 Å². The van der Waals surface area contributed by atoms with E-state index >= 15 is 0 Å². The van der Waals surface area contributed by atoms with Crippen LogP contribution in [0.15, 0.2) is 16.7 Å². The summed E-state index contributed by atoms with van der Waals surface area (Å²) in [6.07, 6.45) is 2.79. The molecule has 19 heavy (non-hydrogen) atoms. The summed E-state index contributed by atoms with van der Waals surface area (Å²) in [6, 6.07) is 3.51. The minimum atomic E-state index is 0.123. The quantitative estimate of drug-likeness (QED) is 0.630. The van der Waals surface area contributed by atoms with Crippen LogP contribution in [0.25, 0.3) is 0 Å². The molecule has 1 aliphatic heterocycles. The fraction of sp³-hybridized carbons (Fsp3) is 0.571. The SMILES string of the molecule is COc1ccc(C(=O)CC2CCN(C)CC2)nc1Br. The van der Waals surface area contributed by atoms with E-state index in [1.807, 2.05) is 0 Å². The number of carbonyl (C=O) groups excluding carboxylic acids is 1. The number of nitrogens with zero attached hydrogens (tertiary/aromatic N) is 2. The van der Waals surface area contributed by atoms with Crippen LogP contribution in [0.4, 0.5) is 0 Å². The summed E-state index contributed by atoms with van der Waals surface area (Å²) < 4.78 is 5.70. The molecule has 4 nitrogen and oxygen atoms in total. The number of likely N-dealkylation sites (tertiary alicyclic amines) is 1. The smallest absolute Gasteiger partial charge is 0.181 e. The first-order valence-electron chi connectivity index (χ1n) is 6.52. The largest absolute Gasteiger partial charge is 0.494 e. The van der Waals surface area contributed by atoms with Gasteiger partial charge in [-0.1, -0.05) is 0 Å². The van der Waals surface area contributed by atoms with E-state index in [1.165, 1.54) is 0 Å². The number of halogens is 1. The molecular weight excluding hydrogens is 308 g/mol. The lowest BCUT2D eigenvalue weighted by Crippen LogP contribution is -2.31. The summed E-state index contributed by atoms with van der Waals surface area (Å²) in [5.74, 6) is 1.26. The first-order valence-corrected chi connectivity index (χ1v) is 7.31. The predicted molar refractivity (Wildman–Crippen MR) is 77.7 cm³/mol. The molecular formula is C14H19BrN2O2. The third-order valence-corrected chi connectivity index (χ3v) is 4.20. The van der Waals surface area contributed by atoms with E-state index in [-0.39, 0.29) is 5.78 Å². The molecule has 1 aromatic rings. The molecule has 0 N–H and O–H groups in total. The molecule has 1 fully saturated rings. The molecule has 0 aromatic carbocycles. The van der Waals surface area contributed by atoms with Crippen LogP contribution in [0.1, 0.15) is 29.8 Å². The van der Waals surface area contributed by atoms with Crippen molar-refractivity contribution >= 4 is 21.7 Å². The van der Waals surface area contributed by atoms with Crippen LogP contribution in [0.2, 0.25) is 0 Å². The Labute approximate surface area is 122 Å². The Balaban J connectivity index is 1.98. The number of aromatic nitrogens is 1. The molecule has 0 spiro atoms. The Bertz CT molecular complexity index is 457. The highest BCUT2D eigenvalue weighted by atomic mass is 79.9. The Morgan fingerprint density at radius 3 is 2.74 bits per heavy atom. The number of piperidine rings is 1. The number of methoxy groups -OCH3 is 1. The Morgan fingerprint density at radius 1 is 1.47 bits per heavy atom. The number of hydrogen-bond donors (Lipinski definition) is 0. The number of hydrogen-bond acceptors (Lipinski definition) is 4. The molecule has 0 aliphatic carbocycles. The molecule has 0 radical (unpaired) electrons. The summed E-state index contributed by atoms with van der Waals surface area (Å²) in [4.78, 5) is 18.8. The standard InChI is InChI=1S/C14H19BrN2O2/c1-17-7-5-10(6-8-17)9-12(18)11-3-4-13(19-2)14(15)16-11/h3-4,10H,5-9H2,1-2H3. The lowest BCUT2D eigenvalue weighted by molar-refractivity contribution is 0.0931. The van der Waals surface area contributed by atoms with E-state index in [9.17, 15) is 4.79 Å². The second kappa shape index (κ2) is 6.48. The number of carbonyl (C=O) groups is 1. The fourth-order valence-corrected chi connectivity index (χ4v) is 2.85. The maximum absolute atomic E-state index is 12.2. The number of pyridine rings is 1. The maximum atomic E-state index is 12.2. The van der Waals surface area contributed by atoms with E-state index in [1.54, 1.807) is 19.2 Å². The van der Waals surface area contributed by atoms with Crippen molar-refractivity contribution in [3.05, 3.63) is 22.4 Å². The van der Waals surface area contributed by atoms with Gasteiger partial charge in [0.2, 0.25) is 0 Å². The Kier molecular flexibility index (Phi) is 4.93. The van der Waals surface area contributed by atoms with Crippen LogP contribution in [0.5, 0.6) is 5.75 Å². The first-order chi connectivity index (χ1) is 9.10. The number of Topliss-reactive ketones (excluding diaryl/α,β-unsaturated/α-hetero) is 1. The molecule has 5 heteroatoms. The summed E-state index contributed by atoms with van der Waals surface area (Å²) >= 11 is 3.31. The summed E-state index contributed by atoms with van der Waals surface area (Å²) in [7, 11) is 3.71. The van der Waals surface area contributed by atoms with Gasteiger partial charge in [-0.15, -0.1) is 0 Å². The van der Waals surface area contributed by atoms with Gasteiger partial charge in [0.25, 0.3) is 0 Å². The second-order valence-corrected chi connectivity index (χ2v) is 5.81. The topological polar surface area (TPSA) is 42.4 Å². The van der Waals surface area contributed by atoms with Crippen LogP contribution in [-0.2, 0) is 0 Å². The predicted octanol–water partition coefficient (Wildman–Crippen LogP) is 2.77. The molecule has 0 atom stereocenters. The van der Waals surface area contributed by atoms with Gasteiger partial charge in [0.1, 0.15) is 10.3 Å². The lowest BCUT2D eigenvalue weighted by atomic mass is 9.91. The Hall–Kier alpha value is -0.940. The molecule has 0 amide bonds. The van der Waals surface area contributed by atoms with Gasteiger partial charge in [-0.05, 0) is 67.0 Å². The second-order valence-electron chi connectivity index (χ2n) is 5.06. The van der Waals surface area contributed by atoms with Gasteiger partial charge >= 0.3 is 0 Å². The lowest BCUT2D eigenvalue weighted by Gasteiger charge is -2.28. The number of ketones is 1. The average molecular weight is 327 g/mol. The first kappa shape index (κ1) is 14.5. The van der Waals surface area contributed by atoms with Crippen molar-refractivity contribution in [2.75, 3.05) is 27.2 Å². The van der Waals surface area contributed by atoms with Gasteiger partial charge in [0.05, 0.1) is 7.11 Å². The third kappa shape index (κ3) is 3.76. The minimum Gasteiger partial charge on any atom is -0.494 e. The zero-order chi connectivity index (χ0) is 13.8. The van der Waals surface area contributed by atoms with Crippen LogP contribution >= 0.6 is 15.9 Å². The molecule has 0 unspecified atom stereocenters. The van der Waals surface area contributed by atoms with Gasteiger partial charge < -0.3 is 9.64 Å². The van der Waals surface area contributed by atoms with Gasteiger partial charge in [-0.2, -0.15) is 0 Å². The summed E-state index contributed by atoms with van der Waals surface area (Å²) in [6.45, 7) is 2.16. The van der Waals surface area contributed by atoms with Crippen molar-refractivity contribution in [3.8, 4) is 5.75 Å². The van der Waals surface area contributed by atoms with Crippen LogP contribution in [0, 0.1) is 5.92 Å². The number of rotatable bonds is 4. The van der Waals surface area contributed by atoms with Gasteiger partial charge in [0.15, 0.2) is 11.5 Å². The Morgan fingerprint density at radius 2 is 2.16 bits per heavy atom. The molecule has 2 heterocycles. The summed E-state index contributed by atoms with van der Waals surface area (Å²) in [5.41, 5.74) is 0.520. The maximum Gasteiger partial charge on any atom is 0.181 e. The fourth-order valence-electron chi connectivity index (χ4n) is 2.36. The van der Waals surface area contributed by atoms with Crippen molar-refractivity contribution in [2.45, 2.75) is 19.3 Å².